The van der Waals surface area contributed by atoms with E-state index in [1.54, 1.807) is 7.11 Å². The summed E-state index contributed by atoms with van der Waals surface area (Å²) in [4.78, 5) is 0. The summed E-state index contributed by atoms with van der Waals surface area (Å²) in [5, 5.41) is 0. The van der Waals surface area contributed by atoms with Crippen molar-refractivity contribution in [2.75, 3.05) is 7.11 Å². The number of aryl methyl sites for hydroxylation is 1. The highest BCUT2D eigenvalue weighted by molar-refractivity contribution is 5.43. The zero-order valence-corrected chi connectivity index (χ0v) is 15.2. The third-order valence-electron chi connectivity index (χ3n) is 4.86. The first kappa shape index (κ1) is 17.4. The molecule has 0 N–H and O–H groups in total. The molecule has 3 rings (SSSR count). The molecule has 128 valence electrons. The van der Waals surface area contributed by atoms with Crippen LogP contribution in [0.15, 0.2) is 60.2 Å². The number of ether oxygens (including phenoxy) is 1. The molecular weight excluding hydrogens is 304 g/mol. The van der Waals surface area contributed by atoms with Gasteiger partial charge in [0.2, 0.25) is 0 Å². The summed E-state index contributed by atoms with van der Waals surface area (Å²) in [6.07, 6.45) is 8.07. The second kappa shape index (κ2) is 8.58. The second-order valence-corrected chi connectivity index (χ2v) is 6.67. The first-order valence-electron chi connectivity index (χ1n) is 9.22. The van der Waals surface area contributed by atoms with E-state index in [9.17, 15) is 0 Å². The Kier molecular flexibility index (Phi) is 5.96. The number of benzene rings is 2. The summed E-state index contributed by atoms with van der Waals surface area (Å²) in [7, 11) is 1.68. The molecule has 0 aliphatic heterocycles. The number of methoxy groups -OCH3 is 1. The van der Waals surface area contributed by atoms with Crippen molar-refractivity contribution in [2.45, 2.75) is 44.9 Å². The van der Waals surface area contributed by atoms with E-state index >= 15 is 0 Å². The van der Waals surface area contributed by atoms with Crippen LogP contribution in [-0.2, 0) is 6.42 Å². The Labute approximate surface area is 151 Å². The molecule has 0 heterocycles. The van der Waals surface area contributed by atoms with Crippen molar-refractivity contribution in [3.8, 4) is 17.6 Å². The zero-order chi connectivity index (χ0) is 17.5. The molecule has 0 fully saturated rings. The van der Waals surface area contributed by atoms with Crippen LogP contribution in [0.2, 0.25) is 0 Å². The average molecular weight is 330 g/mol. The predicted octanol–water partition coefficient (Wildman–Crippen LogP) is 5.89. The maximum Gasteiger partial charge on any atom is 0.118 e. The van der Waals surface area contributed by atoms with Gasteiger partial charge >= 0.3 is 0 Å². The Hall–Kier alpha value is -2.46. The molecule has 1 unspecified atom stereocenters. The highest BCUT2D eigenvalue weighted by Gasteiger charge is 2.15. The second-order valence-electron chi connectivity index (χ2n) is 6.67. The molecule has 0 saturated heterocycles. The van der Waals surface area contributed by atoms with Crippen molar-refractivity contribution in [1.82, 2.24) is 0 Å². The lowest BCUT2D eigenvalue weighted by Gasteiger charge is -2.20. The van der Waals surface area contributed by atoms with Crippen molar-refractivity contribution < 1.29 is 4.74 Å². The quantitative estimate of drug-likeness (QED) is 0.635. The van der Waals surface area contributed by atoms with Gasteiger partial charge in [-0.15, -0.1) is 0 Å². The van der Waals surface area contributed by atoms with Crippen LogP contribution in [0.25, 0.3) is 0 Å². The lowest BCUT2D eigenvalue weighted by Crippen LogP contribution is -2.04. The maximum absolute atomic E-state index is 5.18. The van der Waals surface area contributed by atoms with E-state index in [1.165, 1.54) is 36.0 Å². The van der Waals surface area contributed by atoms with Gasteiger partial charge in [-0.05, 0) is 72.6 Å². The van der Waals surface area contributed by atoms with Crippen LogP contribution in [0, 0.1) is 11.8 Å². The van der Waals surface area contributed by atoms with E-state index in [-0.39, 0.29) is 0 Å². The van der Waals surface area contributed by atoms with Gasteiger partial charge in [-0.3, -0.25) is 0 Å². The monoisotopic (exact) mass is 330 g/mol. The van der Waals surface area contributed by atoms with Gasteiger partial charge in [-0.2, -0.15) is 0 Å². The summed E-state index contributed by atoms with van der Waals surface area (Å²) < 4.78 is 5.18. The molecular formula is C24H26O. The lowest BCUT2D eigenvalue weighted by atomic mass is 9.84. The van der Waals surface area contributed by atoms with E-state index < -0.39 is 0 Å². The Bertz CT molecular complexity index is 770. The highest BCUT2D eigenvalue weighted by Crippen LogP contribution is 2.32. The van der Waals surface area contributed by atoms with E-state index in [2.05, 4.69) is 49.1 Å². The molecule has 0 amide bonds. The van der Waals surface area contributed by atoms with Crippen LogP contribution < -0.4 is 4.74 Å². The summed E-state index contributed by atoms with van der Waals surface area (Å²) >= 11 is 0. The maximum atomic E-state index is 5.18. The molecule has 0 bridgehead atoms. The van der Waals surface area contributed by atoms with Gasteiger partial charge in [-0.1, -0.05) is 55.5 Å². The minimum absolute atomic E-state index is 0.641. The van der Waals surface area contributed by atoms with E-state index in [0.29, 0.717) is 5.92 Å². The van der Waals surface area contributed by atoms with Gasteiger partial charge in [0.25, 0.3) is 0 Å². The smallest absolute Gasteiger partial charge is 0.118 e. The molecule has 1 aliphatic carbocycles. The Morgan fingerprint density at radius 2 is 1.76 bits per heavy atom. The molecule has 0 aromatic heterocycles. The number of hydrogen-bond acceptors (Lipinski definition) is 1. The van der Waals surface area contributed by atoms with Crippen LogP contribution in [-0.4, -0.2) is 7.11 Å². The number of hydrogen-bond donors (Lipinski definition) is 0. The van der Waals surface area contributed by atoms with Gasteiger partial charge < -0.3 is 4.74 Å². The van der Waals surface area contributed by atoms with Crippen LogP contribution >= 0.6 is 0 Å². The first-order valence-corrected chi connectivity index (χ1v) is 9.22. The Morgan fingerprint density at radius 3 is 2.36 bits per heavy atom. The molecule has 1 heteroatoms. The van der Waals surface area contributed by atoms with Gasteiger partial charge in [0.05, 0.1) is 7.11 Å². The normalized spacial score (nSPS) is 16.6. The van der Waals surface area contributed by atoms with Crippen LogP contribution in [0.3, 0.4) is 0 Å². The summed E-state index contributed by atoms with van der Waals surface area (Å²) in [6.45, 7) is 2.23. The molecule has 1 atom stereocenters. The SMILES string of the molecule is CCCc1ccc(C2CC=C(C#Cc3ccc(OC)cc3)CC2)cc1. The third-order valence-corrected chi connectivity index (χ3v) is 4.86. The largest absolute Gasteiger partial charge is 0.497 e. The van der Waals surface area contributed by atoms with Gasteiger partial charge in [0, 0.05) is 5.56 Å². The van der Waals surface area contributed by atoms with Gasteiger partial charge in [0.15, 0.2) is 0 Å². The van der Waals surface area contributed by atoms with Crippen molar-refractivity contribution >= 4 is 0 Å². The van der Waals surface area contributed by atoms with Crippen molar-refractivity contribution in [3.05, 3.63) is 76.9 Å². The predicted molar refractivity (Wildman–Crippen MR) is 105 cm³/mol. The van der Waals surface area contributed by atoms with E-state index in [0.717, 1.165) is 24.2 Å². The first-order chi connectivity index (χ1) is 12.3. The number of rotatable bonds is 4. The molecule has 2 aromatic rings. The fourth-order valence-electron chi connectivity index (χ4n) is 3.32. The van der Waals surface area contributed by atoms with E-state index in [1.807, 2.05) is 24.3 Å². The number of allylic oxidation sites excluding steroid dienone is 2. The molecule has 1 nitrogen and oxygen atoms in total. The topological polar surface area (TPSA) is 9.23 Å². The summed E-state index contributed by atoms with van der Waals surface area (Å²) in [5.41, 5.74) is 5.23. The highest BCUT2D eigenvalue weighted by atomic mass is 16.5. The van der Waals surface area contributed by atoms with Crippen LogP contribution in [0.4, 0.5) is 0 Å². The fraction of sp³-hybridized carbons (Fsp3) is 0.333. The minimum atomic E-state index is 0.641. The van der Waals surface area contributed by atoms with Gasteiger partial charge in [-0.25, -0.2) is 0 Å². The Morgan fingerprint density at radius 1 is 1.00 bits per heavy atom. The summed E-state index contributed by atoms with van der Waals surface area (Å²) in [5.74, 6) is 8.12. The molecule has 0 radical (unpaired) electrons. The lowest BCUT2D eigenvalue weighted by molar-refractivity contribution is 0.415. The Balaban J connectivity index is 1.61. The van der Waals surface area contributed by atoms with E-state index in [4.69, 9.17) is 4.74 Å². The van der Waals surface area contributed by atoms with Crippen LogP contribution in [0.5, 0.6) is 5.75 Å². The van der Waals surface area contributed by atoms with Crippen molar-refractivity contribution in [3.63, 3.8) is 0 Å². The van der Waals surface area contributed by atoms with Crippen molar-refractivity contribution in [2.24, 2.45) is 0 Å². The third kappa shape index (κ3) is 4.77. The standard InChI is InChI=1S/C24H26O/c1-3-4-19-7-13-22(14-8-19)23-15-9-20(10-16-23)5-6-21-11-17-24(25-2)18-12-21/h7-9,11-14,17-18,23H,3-4,10,15-16H2,1-2H3. The van der Waals surface area contributed by atoms with Gasteiger partial charge in [0.1, 0.15) is 5.75 Å². The fourth-order valence-corrected chi connectivity index (χ4v) is 3.32. The average Bonchev–Trinajstić information content (AvgIpc) is 2.68. The zero-order valence-electron chi connectivity index (χ0n) is 15.2. The molecule has 25 heavy (non-hydrogen) atoms. The molecule has 0 saturated carbocycles. The minimum Gasteiger partial charge on any atom is -0.497 e. The molecule has 0 spiro atoms. The summed E-state index contributed by atoms with van der Waals surface area (Å²) in [6, 6.07) is 17.2. The van der Waals surface area contributed by atoms with Crippen molar-refractivity contribution in [1.29, 1.82) is 0 Å². The van der Waals surface area contributed by atoms with Crippen LogP contribution in [0.1, 0.15) is 55.2 Å². The molecule has 1 aliphatic rings. The molecule has 2 aromatic carbocycles.